The lowest BCUT2D eigenvalue weighted by Gasteiger charge is -2.21. The van der Waals surface area contributed by atoms with Crippen molar-refractivity contribution in [3.63, 3.8) is 0 Å². The summed E-state index contributed by atoms with van der Waals surface area (Å²) < 4.78 is 11.7. The summed E-state index contributed by atoms with van der Waals surface area (Å²) in [5, 5.41) is 6.86. The van der Waals surface area contributed by atoms with Gasteiger partial charge in [0.15, 0.2) is 0 Å². The molecule has 1 atom stereocenters. The number of methoxy groups -OCH3 is 1. The van der Waals surface area contributed by atoms with Gasteiger partial charge in [-0.3, -0.25) is 4.79 Å². The minimum atomic E-state index is -0.534. The van der Waals surface area contributed by atoms with Crippen molar-refractivity contribution in [2.24, 2.45) is 0 Å². The zero-order chi connectivity index (χ0) is 24.6. The monoisotopic (exact) mass is 498 g/mol. The lowest BCUT2D eigenvalue weighted by molar-refractivity contribution is 0.0525. The summed E-state index contributed by atoms with van der Waals surface area (Å²) in [5.41, 5.74) is 2.78. The van der Waals surface area contributed by atoms with Crippen LogP contribution in [0, 0.1) is 0 Å². The Hall–Kier alpha value is -3.03. The topological polar surface area (TPSA) is 80.4 Å². The summed E-state index contributed by atoms with van der Waals surface area (Å²) in [4.78, 5) is 27.5. The maximum atomic E-state index is 12.5. The number of nitrogens with one attached hydrogen (secondary N) is 2. The third-order valence-corrected chi connectivity index (χ3v) is 6.77. The van der Waals surface area contributed by atoms with E-state index in [4.69, 9.17) is 21.1 Å². The summed E-state index contributed by atoms with van der Waals surface area (Å²) in [7, 11) is 1.61. The van der Waals surface area contributed by atoms with Crippen molar-refractivity contribution in [3.8, 4) is 16.9 Å². The van der Waals surface area contributed by atoms with E-state index in [1.807, 2.05) is 63.4 Å². The van der Waals surface area contributed by atoms with Crippen LogP contribution in [0.25, 0.3) is 32.1 Å². The van der Waals surface area contributed by atoms with Crippen molar-refractivity contribution in [1.29, 1.82) is 0 Å². The Morgan fingerprint density at radius 1 is 1.21 bits per heavy atom. The Kier molecular flexibility index (Phi) is 6.60. The second-order valence-corrected chi connectivity index (χ2v) is 10.5. The molecule has 2 aromatic heterocycles. The van der Waals surface area contributed by atoms with E-state index in [1.165, 1.54) is 11.3 Å². The first kappa shape index (κ1) is 24.1. The molecule has 0 spiro atoms. The van der Waals surface area contributed by atoms with Crippen LogP contribution in [0.4, 0.5) is 4.79 Å². The fourth-order valence-corrected chi connectivity index (χ4v) is 5.00. The lowest BCUT2D eigenvalue weighted by Crippen LogP contribution is -2.34. The number of aromatic nitrogens is 1. The molecule has 0 aliphatic rings. The number of fused-ring (bicyclic) bond motifs is 3. The number of halogens is 1. The van der Waals surface area contributed by atoms with Gasteiger partial charge in [-0.2, -0.15) is 0 Å². The molecule has 2 aromatic carbocycles. The molecule has 4 aromatic rings. The van der Waals surface area contributed by atoms with E-state index in [0.717, 1.165) is 27.5 Å². The number of ether oxygens (including phenoxy) is 2. The number of aromatic amines is 1. The van der Waals surface area contributed by atoms with Crippen LogP contribution in [0.5, 0.6) is 5.75 Å². The highest BCUT2D eigenvalue weighted by atomic mass is 35.5. The summed E-state index contributed by atoms with van der Waals surface area (Å²) >= 11 is 7.91. The SMILES string of the molecule is COc1cc(Cl)c2[nH]c(=O)c3sccc3c2c1-c1ccc([C@H](C)CNC(=O)OC(C)(C)C)cc1. The average molecular weight is 499 g/mol. The third-order valence-electron chi connectivity index (χ3n) is 5.56. The Balaban J connectivity index is 1.70. The van der Waals surface area contributed by atoms with Crippen molar-refractivity contribution in [2.45, 2.75) is 39.2 Å². The van der Waals surface area contributed by atoms with Crippen molar-refractivity contribution in [1.82, 2.24) is 10.3 Å². The van der Waals surface area contributed by atoms with Crippen molar-refractivity contribution < 1.29 is 14.3 Å². The van der Waals surface area contributed by atoms with E-state index >= 15 is 0 Å². The Labute approximate surface area is 206 Å². The van der Waals surface area contributed by atoms with E-state index in [9.17, 15) is 9.59 Å². The second kappa shape index (κ2) is 9.31. The van der Waals surface area contributed by atoms with Gasteiger partial charge in [-0.15, -0.1) is 11.3 Å². The normalized spacial score (nSPS) is 12.6. The number of pyridine rings is 1. The summed E-state index contributed by atoms with van der Waals surface area (Å²) in [6.07, 6.45) is -0.429. The number of thiophene rings is 1. The van der Waals surface area contributed by atoms with Gasteiger partial charge >= 0.3 is 6.09 Å². The number of carbonyl (C=O) groups excluding carboxylic acids is 1. The number of benzene rings is 2. The number of hydrogen-bond donors (Lipinski definition) is 2. The summed E-state index contributed by atoms with van der Waals surface area (Å²) in [5.74, 6) is 0.717. The minimum absolute atomic E-state index is 0.0883. The number of alkyl carbamates (subject to hydrolysis) is 1. The van der Waals surface area contributed by atoms with Gasteiger partial charge < -0.3 is 19.8 Å². The zero-order valence-corrected chi connectivity index (χ0v) is 21.3. The van der Waals surface area contributed by atoms with Crippen LogP contribution >= 0.6 is 22.9 Å². The minimum Gasteiger partial charge on any atom is -0.496 e. The second-order valence-electron chi connectivity index (χ2n) is 9.21. The first-order chi connectivity index (χ1) is 16.1. The molecular formula is C26H27ClN2O4S. The highest BCUT2D eigenvalue weighted by molar-refractivity contribution is 7.17. The van der Waals surface area contributed by atoms with Crippen LogP contribution in [-0.2, 0) is 4.74 Å². The van der Waals surface area contributed by atoms with Crippen molar-refractivity contribution >= 4 is 50.0 Å². The van der Waals surface area contributed by atoms with Crippen molar-refractivity contribution in [3.05, 3.63) is 62.7 Å². The fourth-order valence-electron chi connectivity index (χ4n) is 3.97. The number of hydrogen-bond acceptors (Lipinski definition) is 5. The molecule has 2 heterocycles. The maximum absolute atomic E-state index is 12.5. The van der Waals surface area contributed by atoms with E-state index < -0.39 is 11.7 Å². The Morgan fingerprint density at radius 2 is 1.91 bits per heavy atom. The maximum Gasteiger partial charge on any atom is 0.407 e. The number of H-pyrrole nitrogens is 1. The standard InChI is InChI=1S/C26H27ClN2O4S/c1-14(13-28-25(31)33-26(2,3)4)15-6-8-16(9-7-15)20-19(32-5)12-18(27)22-21(20)17-10-11-34-23(17)24(30)29-22/h6-12,14H,13H2,1-5H3,(H,28,31)(H,29,30)/t14-/m1/s1. The molecule has 0 saturated heterocycles. The Morgan fingerprint density at radius 3 is 2.56 bits per heavy atom. The lowest BCUT2D eigenvalue weighted by atomic mass is 9.94. The molecule has 0 saturated carbocycles. The summed E-state index contributed by atoms with van der Waals surface area (Å²) in [6.45, 7) is 8.01. The highest BCUT2D eigenvalue weighted by Crippen LogP contribution is 2.43. The van der Waals surface area contributed by atoms with E-state index in [-0.39, 0.29) is 11.5 Å². The van der Waals surface area contributed by atoms with Crippen LogP contribution < -0.4 is 15.6 Å². The molecule has 0 fully saturated rings. The van der Waals surface area contributed by atoms with Gasteiger partial charge in [0.25, 0.3) is 5.56 Å². The van der Waals surface area contributed by atoms with Gasteiger partial charge in [0.05, 0.1) is 17.6 Å². The number of carbonyl (C=O) groups is 1. The molecule has 8 heteroatoms. The van der Waals surface area contributed by atoms with Crippen molar-refractivity contribution in [2.75, 3.05) is 13.7 Å². The van der Waals surface area contributed by atoms with Crippen LogP contribution in [-0.4, -0.2) is 30.3 Å². The van der Waals surface area contributed by atoms with Crippen LogP contribution in [0.15, 0.2) is 46.6 Å². The number of amides is 1. The smallest absolute Gasteiger partial charge is 0.407 e. The fraction of sp³-hybridized carbons (Fsp3) is 0.308. The molecule has 2 N–H and O–H groups in total. The predicted octanol–water partition coefficient (Wildman–Crippen LogP) is 6.70. The average Bonchev–Trinajstić information content (AvgIpc) is 3.28. The van der Waals surface area contributed by atoms with E-state index in [1.54, 1.807) is 13.2 Å². The van der Waals surface area contributed by atoms with Gasteiger partial charge in [-0.25, -0.2) is 4.79 Å². The first-order valence-corrected chi connectivity index (χ1v) is 12.2. The number of rotatable bonds is 5. The van der Waals surface area contributed by atoms with Gasteiger partial charge in [-0.1, -0.05) is 42.8 Å². The van der Waals surface area contributed by atoms with Gasteiger partial charge in [-0.05, 0) is 49.3 Å². The van der Waals surface area contributed by atoms with Crippen LogP contribution in [0.1, 0.15) is 39.2 Å². The zero-order valence-electron chi connectivity index (χ0n) is 19.7. The third kappa shape index (κ3) is 4.76. The molecule has 0 aliphatic heterocycles. The molecular weight excluding hydrogens is 472 g/mol. The molecule has 0 bridgehead atoms. The van der Waals surface area contributed by atoms with E-state index in [0.29, 0.717) is 27.5 Å². The van der Waals surface area contributed by atoms with E-state index in [2.05, 4.69) is 10.3 Å². The molecule has 6 nitrogen and oxygen atoms in total. The van der Waals surface area contributed by atoms with Gasteiger partial charge in [0.1, 0.15) is 16.1 Å². The van der Waals surface area contributed by atoms with Crippen LogP contribution in [0.3, 0.4) is 0 Å². The van der Waals surface area contributed by atoms with Gasteiger partial charge in [0.2, 0.25) is 0 Å². The Bertz CT molecular complexity index is 1420. The molecule has 178 valence electrons. The van der Waals surface area contributed by atoms with Crippen LogP contribution in [0.2, 0.25) is 5.02 Å². The first-order valence-electron chi connectivity index (χ1n) is 11.0. The quantitative estimate of drug-likeness (QED) is 0.321. The summed E-state index contributed by atoms with van der Waals surface area (Å²) in [6, 6.07) is 11.8. The molecule has 1 amide bonds. The predicted molar refractivity (Wildman–Crippen MR) is 140 cm³/mol. The molecule has 4 rings (SSSR count). The highest BCUT2D eigenvalue weighted by Gasteiger charge is 2.20. The molecule has 34 heavy (non-hydrogen) atoms. The van der Waals surface area contributed by atoms with Gasteiger partial charge in [0, 0.05) is 28.9 Å². The molecule has 0 aliphatic carbocycles. The molecule has 0 radical (unpaired) electrons. The molecule has 0 unspecified atom stereocenters. The largest absolute Gasteiger partial charge is 0.496 e.